The normalized spacial score (nSPS) is 25.2. The van der Waals surface area contributed by atoms with E-state index in [0.29, 0.717) is 25.6 Å². The van der Waals surface area contributed by atoms with Crippen LogP contribution in [-0.4, -0.2) is 73.0 Å². The van der Waals surface area contributed by atoms with Crippen LogP contribution in [0.15, 0.2) is 18.2 Å². The van der Waals surface area contributed by atoms with Gasteiger partial charge >= 0.3 is 12.4 Å². The first-order chi connectivity index (χ1) is 13.7. The Labute approximate surface area is 163 Å². The fraction of sp³-hybridized carbons (Fsp3) is 0.556. The molecule has 3 aliphatic rings. The lowest BCUT2D eigenvalue weighted by atomic mass is 9.91. The molecule has 7 nitrogen and oxygen atoms in total. The molecule has 3 amide bonds. The third kappa shape index (κ3) is 4.24. The molecule has 0 radical (unpaired) electrons. The standard InChI is InChI=1S/C18H19F4N3O4/c19-13-5-11(29-18(20,21)22)1-2-12(13)10-6-25(7-10)17(27)24-4-3-15-14(8-24)23-16(26)9-28-15/h1-2,5,10,14-15H,3-4,6-9H2,(H,23,26)/t14-,15+/m1/s1. The Bertz CT molecular complexity index is 813. The van der Waals surface area contributed by atoms with Crippen molar-refractivity contribution in [1.82, 2.24) is 15.1 Å². The van der Waals surface area contributed by atoms with Crippen LogP contribution in [-0.2, 0) is 9.53 Å². The molecular weight excluding hydrogens is 398 g/mol. The fourth-order valence-electron chi connectivity index (χ4n) is 3.94. The number of carbonyl (C=O) groups is 2. The topological polar surface area (TPSA) is 71.1 Å². The summed E-state index contributed by atoms with van der Waals surface area (Å²) in [6.07, 6.45) is -4.37. The maximum Gasteiger partial charge on any atom is 0.573 e. The molecule has 3 aliphatic heterocycles. The number of rotatable bonds is 2. The molecule has 4 rings (SSSR count). The van der Waals surface area contributed by atoms with E-state index < -0.39 is 17.9 Å². The Morgan fingerprint density at radius 1 is 1.21 bits per heavy atom. The number of carbonyl (C=O) groups excluding carboxylic acids is 2. The van der Waals surface area contributed by atoms with Gasteiger partial charge in [-0.2, -0.15) is 0 Å². The van der Waals surface area contributed by atoms with Gasteiger partial charge in [-0.3, -0.25) is 4.79 Å². The highest BCUT2D eigenvalue weighted by Crippen LogP contribution is 2.33. The predicted octanol–water partition coefficient (Wildman–Crippen LogP) is 1.83. The van der Waals surface area contributed by atoms with E-state index in [1.807, 2.05) is 0 Å². The summed E-state index contributed by atoms with van der Waals surface area (Å²) in [5.41, 5.74) is 0.246. The number of ether oxygens (including phenoxy) is 2. The number of amides is 3. The molecule has 29 heavy (non-hydrogen) atoms. The lowest BCUT2D eigenvalue weighted by molar-refractivity contribution is -0.274. The van der Waals surface area contributed by atoms with E-state index in [4.69, 9.17) is 4.74 Å². The Kier molecular flexibility index (Phi) is 5.01. The third-order valence-electron chi connectivity index (χ3n) is 5.39. The minimum absolute atomic E-state index is 0.0291. The van der Waals surface area contributed by atoms with Crippen LogP contribution in [0.3, 0.4) is 0 Å². The van der Waals surface area contributed by atoms with E-state index in [0.717, 1.165) is 6.07 Å². The number of halogens is 4. The second-order valence-corrected chi connectivity index (χ2v) is 7.37. The van der Waals surface area contributed by atoms with Crippen molar-refractivity contribution in [1.29, 1.82) is 0 Å². The number of piperidine rings is 1. The maximum atomic E-state index is 14.2. The van der Waals surface area contributed by atoms with E-state index >= 15 is 0 Å². The van der Waals surface area contributed by atoms with Crippen LogP contribution in [0.4, 0.5) is 22.4 Å². The molecule has 0 aliphatic carbocycles. The number of urea groups is 1. The zero-order chi connectivity index (χ0) is 20.8. The third-order valence-corrected chi connectivity index (χ3v) is 5.39. The molecule has 3 saturated heterocycles. The summed E-state index contributed by atoms with van der Waals surface area (Å²) in [4.78, 5) is 27.3. The molecule has 0 unspecified atom stereocenters. The summed E-state index contributed by atoms with van der Waals surface area (Å²) >= 11 is 0. The molecule has 1 aromatic carbocycles. The summed E-state index contributed by atoms with van der Waals surface area (Å²) in [7, 11) is 0. The Morgan fingerprint density at radius 3 is 2.66 bits per heavy atom. The summed E-state index contributed by atoms with van der Waals surface area (Å²) < 4.78 is 60.0. The van der Waals surface area contributed by atoms with Crippen LogP contribution in [0.2, 0.25) is 0 Å². The van der Waals surface area contributed by atoms with Gasteiger partial charge in [-0.1, -0.05) is 6.07 Å². The zero-order valence-corrected chi connectivity index (χ0v) is 15.2. The van der Waals surface area contributed by atoms with Gasteiger partial charge in [-0.25, -0.2) is 9.18 Å². The van der Waals surface area contributed by atoms with Gasteiger partial charge in [-0.05, 0) is 18.1 Å². The molecule has 0 bridgehead atoms. The van der Waals surface area contributed by atoms with E-state index in [2.05, 4.69) is 10.1 Å². The molecule has 1 N–H and O–H groups in total. The van der Waals surface area contributed by atoms with Gasteiger partial charge in [0, 0.05) is 38.2 Å². The van der Waals surface area contributed by atoms with Crippen molar-refractivity contribution in [2.24, 2.45) is 0 Å². The number of fused-ring (bicyclic) bond motifs is 1. The molecule has 0 saturated carbocycles. The van der Waals surface area contributed by atoms with Crippen molar-refractivity contribution in [3.8, 4) is 5.75 Å². The average Bonchev–Trinajstić information content (AvgIpc) is 2.60. The lowest BCUT2D eigenvalue weighted by Crippen LogP contribution is -2.63. The smallest absolute Gasteiger partial charge is 0.406 e. The van der Waals surface area contributed by atoms with Crippen molar-refractivity contribution in [2.75, 3.05) is 32.8 Å². The second kappa shape index (κ2) is 7.36. The van der Waals surface area contributed by atoms with E-state index in [-0.39, 0.29) is 55.3 Å². The van der Waals surface area contributed by atoms with Gasteiger partial charge in [-0.15, -0.1) is 13.2 Å². The van der Waals surface area contributed by atoms with Crippen LogP contribution >= 0.6 is 0 Å². The molecule has 3 fully saturated rings. The first-order valence-electron chi connectivity index (χ1n) is 9.19. The fourth-order valence-corrected chi connectivity index (χ4v) is 3.94. The maximum absolute atomic E-state index is 14.2. The number of nitrogens with one attached hydrogen (secondary N) is 1. The quantitative estimate of drug-likeness (QED) is 0.746. The van der Waals surface area contributed by atoms with Crippen LogP contribution in [0, 0.1) is 5.82 Å². The molecule has 1 aromatic rings. The summed E-state index contributed by atoms with van der Waals surface area (Å²) in [6.45, 7) is 1.40. The molecule has 11 heteroatoms. The molecular formula is C18H19F4N3O4. The van der Waals surface area contributed by atoms with Crippen molar-refractivity contribution in [3.05, 3.63) is 29.6 Å². The highest BCUT2D eigenvalue weighted by Gasteiger charge is 2.41. The van der Waals surface area contributed by atoms with Crippen LogP contribution in [0.25, 0.3) is 0 Å². The van der Waals surface area contributed by atoms with E-state index in [1.165, 1.54) is 6.07 Å². The number of likely N-dealkylation sites (tertiary alicyclic amines) is 2. The van der Waals surface area contributed by atoms with Gasteiger partial charge in [0.1, 0.15) is 18.2 Å². The van der Waals surface area contributed by atoms with E-state index in [9.17, 15) is 27.2 Å². The number of nitrogens with zero attached hydrogens (tertiary/aromatic N) is 2. The Balaban J connectivity index is 1.33. The van der Waals surface area contributed by atoms with E-state index in [1.54, 1.807) is 9.80 Å². The van der Waals surface area contributed by atoms with Crippen LogP contribution < -0.4 is 10.1 Å². The lowest BCUT2D eigenvalue weighted by Gasteiger charge is -2.46. The van der Waals surface area contributed by atoms with Crippen LogP contribution in [0.1, 0.15) is 17.9 Å². The number of morpholine rings is 1. The Morgan fingerprint density at radius 2 is 1.97 bits per heavy atom. The first kappa shape index (κ1) is 19.7. The Hall–Kier alpha value is -2.56. The molecule has 158 valence electrons. The predicted molar refractivity (Wildman–Crippen MR) is 90.7 cm³/mol. The molecule has 3 heterocycles. The SMILES string of the molecule is O=C1CO[C@H]2CCN(C(=O)N3CC(c4ccc(OC(F)(F)F)cc4F)C3)C[C@H]2N1. The van der Waals surface area contributed by atoms with Gasteiger partial charge in [0.2, 0.25) is 5.91 Å². The molecule has 0 aromatic heterocycles. The van der Waals surface area contributed by atoms with Crippen molar-refractivity contribution in [2.45, 2.75) is 30.8 Å². The number of hydrogen-bond donors (Lipinski definition) is 1. The van der Waals surface area contributed by atoms with Gasteiger partial charge in [0.25, 0.3) is 0 Å². The van der Waals surface area contributed by atoms with Gasteiger partial charge < -0.3 is 24.6 Å². The highest BCUT2D eigenvalue weighted by molar-refractivity contribution is 5.79. The number of hydrogen-bond acceptors (Lipinski definition) is 4. The molecule has 2 atom stereocenters. The summed E-state index contributed by atoms with van der Waals surface area (Å²) in [5.74, 6) is -1.93. The largest absolute Gasteiger partial charge is 0.573 e. The van der Waals surface area contributed by atoms with Gasteiger partial charge in [0.15, 0.2) is 0 Å². The molecule has 0 spiro atoms. The average molecular weight is 417 g/mol. The van der Waals surface area contributed by atoms with Crippen molar-refractivity contribution < 1.29 is 36.6 Å². The minimum Gasteiger partial charge on any atom is -0.406 e. The zero-order valence-electron chi connectivity index (χ0n) is 15.2. The minimum atomic E-state index is -4.88. The number of alkyl halides is 3. The first-order valence-corrected chi connectivity index (χ1v) is 9.19. The monoisotopic (exact) mass is 417 g/mol. The summed E-state index contributed by atoms with van der Waals surface area (Å²) in [5, 5.41) is 2.82. The van der Waals surface area contributed by atoms with Crippen molar-refractivity contribution >= 4 is 11.9 Å². The van der Waals surface area contributed by atoms with Crippen molar-refractivity contribution in [3.63, 3.8) is 0 Å². The van der Waals surface area contributed by atoms with Gasteiger partial charge in [0.05, 0.1) is 12.1 Å². The highest BCUT2D eigenvalue weighted by atomic mass is 19.4. The summed E-state index contributed by atoms with van der Waals surface area (Å²) in [6, 6.07) is 2.56. The number of benzene rings is 1. The second-order valence-electron chi connectivity index (χ2n) is 7.37. The van der Waals surface area contributed by atoms with Crippen LogP contribution in [0.5, 0.6) is 5.75 Å².